The number of benzene rings is 2. The van der Waals surface area contributed by atoms with Crippen LogP contribution in [0.1, 0.15) is 89.9 Å². The van der Waals surface area contributed by atoms with Crippen molar-refractivity contribution >= 4 is 0 Å². The fourth-order valence-corrected chi connectivity index (χ4v) is 4.54. The molecule has 0 saturated carbocycles. The maximum Gasteiger partial charge on any atom is 0.183 e. The Morgan fingerprint density at radius 2 is 1.54 bits per heavy atom. The van der Waals surface area contributed by atoms with Gasteiger partial charge in [0.25, 0.3) is 0 Å². The molecule has 1 heterocycles. The van der Waals surface area contributed by atoms with Crippen molar-refractivity contribution in [3.8, 4) is 16.9 Å². The topological polar surface area (TPSA) is 27.7 Å². The zero-order valence-electron chi connectivity index (χ0n) is 22.1. The highest BCUT2D eigenvalue weighted by molar-refractivity contribution is 5.64. The second-order valence-corrected chi connectivity index (χ2v) is 10.1. The number of unbranched alkanes of at least 4 members (excludes halogenated alkanes) is 5. The van der Waals surface area contributed by atoms with Crippen molar-refractivity contribution in [1.29, 1.82) is 0 Å². The molecule has 2 aromatic carbocycles. The Morgan fingerprint density at radius 1 is 0.886 bits per heavy atom. The number of hydrogen-bond donors (Lipinski definition) is 0. The van der Waals surface area contributed by atoms with Crippen LogP contribution < -0.4 is 4.74 Å². The second kappa shape index (κ2) is 15.8. The van der Waals surface area contributed by atoms with Crippen LogP contribution >= 0.6 is 0 Å². The van der Waals surface area contributed by atoms with E-state index in [-0.39, 0.29) is 6.29 Å². The van der Waals surface area contributed by atoms with Crippen LogP contribution in [-0.4, -0.2) is 19.8 Å². The lowest BCUT2D eigenvalue weighted by Crippen LogP contribution is -2.27. The molecule has 1 aliphatic rings. The van der Waals surface area contributed by atoms with Crippen molar-refractivity contribution in [3.05, 3.63) is 66.7 Å². The van der Waals surface area contributed by atoms with Gasteiger partial charge in [0, 0.05) is 11.5 Å². The Morgan fingerprint density at radius 3 is 2.20 bits per heavy atom. The van der Waals surface area contributed by atoms with E-state index in [0.29, 0.717) is 5.92 Å². The predicted octanol–water partition coefficient (Wildman–Crippen LogP) is 9.14. The molecule has 1 aliphatic heterocycles. The lowest BCUT2D eigenvalue weighted by Gasteiger charge is -2.29. The average Bonchev–Trinajstić information content (AvgIpc) is 2.91. The van der Waals surface area contributed by atoms with E-state index in [1.165, 1.54) is 62.5 Å². The standard InChI is InChI=1S/C32H46O3/c1-4-6-7-8-11-14-27-24-34-32(35-25-27)30-17-15-28(16-18-30)29-19-21-31(22-20-29)33-23-12-9-10-13-26(3)5-2/h4,15-22,26-27,32H,1,5-14,23-25H2,2-3H3. The molecule has 0 spiro atoms. The summed E-state index contributed by atoms with van der Waals surface area (Å²) in [6.45, 7) is 10.8. The minimum Gasteiger partial charge on any atom is -0.494 e. The first-order chi connectivity index (χ1) is 17.2. The molecule has 0 N–H and O–H groups in total. The number of allylic oxidation sites excluding steroid dienone is 1. The zero-order valence-corrected chi connectivity index (χ0v) is 22.1. The minimum absolute atomic E-state index is 0.248. The van der Waals surface area contributed by atoms with Crippen LogP contribution in [0.2, 0.25) is 0 Å². The molecule has 0 amide bonds. The molecule has 1 saturated heterocycles. The third kappa shape index (κ3) is 9.82. The molecule has 0 radical (unpaired) electrons. The number of ether oxygens (including phenoxy) is 3. The Hall–Kier alpha value is -2.10. The van der Waals surface area contributed by atoms with E-state index >= 15 is 0 Å². The first-order valence-electron chi connectivity index (χ1n) is 13.9. The van der Waals surface area contributed by atoms with Crippen molar-refractivity contribution in [2.75, 3.05) is 19.8 Å². The van der Waals surface area contributed by atoms with Gasteiger partial charge in [0.15, 0.2) is 6.29 Å². The molecule has 1 fully saturated rings. The molecule has 1 atom stereocenters. The minimum atomic E-state index is -0.248. The maximum absolute atomic E-state index is 6.04. The van der Waals surface area contributed by atoms with Crippen molar-refractivity contribution in [2.45, 2.75) is 84.3 Å². The van der Waals surface area contributed by atoms with Crippen molar-refractivity contribution < 1.29 is 14.2 Å². The van der Waals surface area contributed by atoms with Crippen LogP contribution in [0.5, 0.6) is 5.75 Å². The lowest BCUT2D eigenvalue weighted by molar-refractivity contribution is -0.206. The van der Waals surface area contributed by atoms with Gasteiger partial charge in [-0.15, -0.1) is 6.58 Å². The van der Waals surface area contributed by atoms with Crippen molar-refractivity contribution in [2.24, 2.45) is 11.8 Å². The Kier molecular flexibility index (Phi) is 12.4. The summed E-state index contributed by atoms with van der Waals surface area (Å²) in [6.07, 6.45) is 14.1. The monoisotopic (exact) mass is 478 g/mol. The van der Waals surface area contributed by atoms with Crippen LogP contribution in [0.25, 0.3) is 11.1 Å². The quantitative estimate of drug-likeness (QED) is 0.178. The summed E-state index contributed by atoms with van der Waals surface area (Å²) in [7, 11) is 0. The Balaban J connectivity index is 1.37. The van der Waals surface area contributed by atoms with E-state index in [0.717, 1.165) is 49.9 Å². The zero-order chi connectivity index (χ0) is 24.7. The Labute approximate surface area is 213 Å². The lowest BCUT2D eigenvalue weighted by atomic mass is 10.0. The fourth-order valence-electron chi connectivity index (χ4n) is 4.54. The van der Waals surface area contributed by atoms with Crippen LogP contribution in [0.4, 0.5) is 0 Å². The summed E-state index contributed by atoms with van der Waals surface area (Å²) in [5.41, 5.74) is 3.48. The van der Waals surface area contributed by atoms with Gasteiger partial charge in [0.1, 0.15) is 5.75 Å². The van der Waals surface area contributed by atoms with Gasteiger partial charge in [-0.1, -0.05) is 94.8 Å². The summed E-state index contributed by atoms with van der Waals surface area (Å²) in [4.78, 5) is 0. The molecule has 3 rings (SSSR count). The summed E-state index contributed by atoms with van der Waals surface area (Å²) in [5, 5.41) is 0. The molecular formula is C32H46O3. The summed E-state index contributed by atoms with van der Waals surface area (Å²) in [5.74, 6) is 2.31. The van der Waals surface area contributed by atoms with Gasteiger partial charge in [0.05, 0.1) is 19.8 Å². The van der Waals surface area contributed by atoms with Gasteiger partial charge in [0.2, 0.25) is 0 Å². The molecule has 0 bridgehead atoms. The third-order valence-corrected chi connectivity index (χ3v) is 7.16. The van der Waals surface area contributed by atoms with Crippen LogP contribution in [0, 0.1) is 11.8 Å². The highest BCUT2D eigenvalue weighted by atomic mass is 16.7. The van der Waals surface area contributed by atoms with Crippen molar-refractivity contribution in [3.63, 3.8) is 0 Å². The van der Waals surface area contributed by atoms with E-state index in [1.54, 1.807) is 0 Å². The fraction of sp³-hybridized carbons (Fsp3) is 0.562. The van der Waals surface area contributed by atoms with E-state index in [1.807, 2.05) is 6.08 Å². The first-order valence-corrected chi connectivity index (χ1v) is 13.9. The maximum atomic E-state index is 6.04. The van der Waals surface area contributed by atoms with E-state index in [2.05, 4.69) is 69.0 Å². The molecule has 3 heteroatoms. The van der Waals surface area contributed by atoms with Crippen molar-refractivity contribution in [1.82, 2.24) is 0 Å². The van der Waals surface area contributed by atoms with Crippen LogP contribution in [0.3, 0.4) is 0 Å². The molecule has 35 heavy (non-hydrogen) atoms. The SMILES string of the molecule is C=CCCCCCC1COC(c2ccc(-c3ccc(OCCCCCC(C)CC)cc3)cc2)OC1. The Bertz CT molecular complexity index is 819. The largest absolute Gasteiger partial charge is 0.494 e. The van der Waals surface area contributed by atoms with Crippen LogP contribution in [-0.2, 0) is 9.47 Å². The summed E-state index contributed by atoms with van der Waals surface area (Å²) < 4.78 is 18.0. The highest BCUT2D eigenvalue weighted by Crippen LogP contribution is 2.30. The molecule has 2 aromatic rings. The van der Waals surface area contributed by atoms with Gasteiger partial charge in [-0.25, -0.2) is 0 Å². The van der Waals surface area contributed by atoms with Gasteiger partial charge in [-0.05, 0) is 54.9 Å². The van der Waals surface area contributed by atoms with E-state index < -0.39 is 0 Å². The number of hydrogen-bond acceptors (Lipinski definition) is 3. The third-order valence-electron chi connectivity index (χ3n) is 7.16. The molecule has 0 aliphatic carbocycles. The van der Waals surface area contributed by atoms with E-state index in [9.17, 15) is 0 Å². The van der Waals surface area contributed by atoms with Crippen LogP contribution in [0.15, 0.2) is 61.2 Å². The van der Waals surface area contributed by atoms with Gasteiger partial charge in [-0.3, -0.25) is 0 Å². The average molecular weight is 479 g/mol. The van der Waals surface area contributed by atoms with Gasteiger partial charge >= 0.3 is 0 Å². The van der Waals surface area contributed by atoms with Gasteiger partial charge < -0.3 is 14.2 Å². The van der Waals surface area contributed by atoms with E-state index in [4.69, 9.17) is 14.2 Å². The summed E-state index contributed by atoms with van der Waals surface area (Å²) in [6, 6.07) is 17.0. The number of rotatable bonds is 16. The smallest absolute Gasteiger partial charge is 0.183 e. The summed E-state index contributed by atoms with van der Waals surface area (Å²) >= 11 is 0. The molecule has 3 nitrogen and oxygen atoms in total. The van der Waals surface area contributed by atoms with Gasteiger partial charge in [-0.2, -0.15) is 0 Å². The first kappa shape index (κ1) is 27.5. The molecule has 0 aromatic heterocycles. The molecular weight excluding hydrogens is 432 g/mol. The molecule has 192 valence electrons. The normalized spacial score (nSPS) is 18.8. The molecule has 1 unspecified atom stereocenters. The highest BCUT2D eigenvalue weighted by Gasteiger charge is 2.23. The second-order valence-electron chi connectivity index (χ2n) is 10.1. The predicted molar refractivity (Wildman–Crippen MR) is 147 cm³/mol.